The van der Waals surface area contributed by atoms with E-state index in [1.165, 1.54) is 35.0 Å². The SMILES string of the molecule is c1ccc2c(-n3cncc3C3CCCNC3)cccc2c1. The average Bonchev–Trinajstić information content (AvgIpc) is 3.04. The molecule has 0 bridgehead atoms. The summed E-state index contributed by atoms with van der Waals surface area (Å²) in [5, 5.41) is 6.05. The van der Waals surface area contributed by atoms with Crippen LogP contribution in [0.4, 0.5) is 0 Å². The zero-order chi connectivity index (χ0) is 14.1. The van der Waals surface area contributed by atoms with Gasteiger partial charge in [0.1, 0.15) is 0 Å². The first-order chi connectivity index (χ1) is 10.4. The van der Waals surface area contributed by atoms with Gasteiger partial charge in [-0.1, -0.05) is 36.4 Å². The summed E-state index contributed by atoms with van der Waals surface area (Å²) in [6, 6.07) is 15.0. The monoisotopic (exact) mass is 277 g/mol. The molecule has 1 N–H and O–H groups in total. The van der Waals surface area contributed by atoms with E-state index in [2.05, 4.69) is 57.3 Å². The van der Waals surface area contributed by atoms with Gasteiger partial charge in [-0.05, 0) is 30.8 Å². The van der Waals surface area contributed by atoms with Gasteiger partial charge in [-0.25, -0.2) is 4.98 Å². The molecule has 0 radical (unpaired) electrons. The van der Waals surface area contributed by atoms with E-state index < -0.39 is 0 Å². The molecule has 0 spiro atoms. The Morgan fingerprint density at radius 3 is 2.90 bits per heavy atom. The third-order valence-corrected chi connectivity index (χ3v) is 4.41. The minimum absolute atomic E-state index is 0.556. The van der Waals surface area contributed by atoms with Gasteiger partial charge in [0.2, 0.25) is 0 Å². The number of imidazole rings is 1. The van der Waals surface area contributed by atoms with E-state index in [0.29, 0.717) is 5.92 Å². The van der Waals surface area contributed by atoms with Gasteiger partial charge in [0.05, 0.1) is 12.0 Å². The first-order valence-corrected chi connectivity index (χ1v) is 7.64. The molecule has 3 heteroatoms. The van der Waals surface area contributed by atoms with Crippen molar-refractivity contribution >= 4 is 10.8 Å². The van der Waals surface area contributed by atoms with Crippen LogP contribution in [0.1, 0.15) is 24.5 Å². The van der Waals surface area contributed by atoms with E-state index in [1.54, 1.807) is 0 Å². The number of fused-ring (bicyclic) bond motifs is 1. The maximum atomic E-state index is 4.42. The Morgan fingerprint density at radius 2 is 2.00 bits per heavy atom. The van der Waals surface area contributed by atoms with E-state index in [-0.39, 0.29) is 0 Å². The quantitative estimate of drug-likeness (QED) is 0.777. The summed E-state index contributed by atoms with van der Waals surface area (Å²) in [4.78, 5) is 4.42. The molecule has 106 valence electrons. The molecule has 4 rings (SSSR count). The van der Waals surface area contributed by atoms with E-state index in [4.69, 9.17) is 0 Å². The first-order valence-electron chi connectivity index (χ1n) is 7.64. The highest BCUT2D eigenvalue weighted by Gasteiger charge is 2.19. The highest BCUT2D eigenvalue weighted by molar-refractivity contribution is 5.90. The van der Waals surface area contributed by atoms with Crippen LogP contribution in [0, 0.1) is 0 Å². The molecule has 21 heavy (non-hydrogen) atoms. The van der Waals surface area contributed by atoms with Crippen LogP contribution in [-0.2, 0) is 0 Å². The van der Waals surface area contributed by atoms with Gasteiger partial charge in [-0.2, -0.15) is 0 Å². The summed E-state index contributed by atoms with van der Waals surface area (Å²) in [6.07, 6.45) is 6.46. The molecular formula is C18H19N3. The molecule has 1 fully saturated rings. The van der Waals surface area contributed by atoms with Gasteiger partial charge >= 0.3 is 0 Å². The van der Waals surface area contributed by atoms with Crippen molar-refractivity contribution in [1.82, 2.24) is 14.9 Å². The van der Waals surface area contributed by atoms with Gasteiger partial charge in [0.15, 0.2) is 0 Å². The molecule has 2 aromatic carbocycles. The van der Waals surface area contributed by atoms with Crippen LogP contribution >= 0.6 is 0 Å². The molecular weight excluding hydrogens is 258 g/mol. The zero-order valence-corrected chi connectivity index (χ0v) is 12.0. The third kappa shape index (κ3) is 2.24. The molecule has 1 unspecified atom stereocenters. The second-order valence-electron chi connectivity index (χ2n) is 5.73. The number of hydrogen-bond donors (Lipinski definition) is 1. The van der Waals surface area contributed by atoms with Crippen molar-refractivity contribution in [2.24, 2.45) is 0 Å². The van der Waals surface area contributed by atoms with Crippen molar-refractivity contribution in [2.75, 3.05) is 13.1 Å². The summed E-state index contributed by atoms with van der Waals surface area (Å²) in [6.45, 7) is 2.19. The Balaban J connectivity index is 1.84. The molecule has 1 aliphatic rings. The lowest BCUT2D eigenvalue weighted by atomic mass is 9.96. The fourth-order valence-corrected chi connectivity index (χ4v) is 3.33. The number of piperidine rings is 1. The molecule has 0 amide bonds. The average molecular weight is 277 g/mol. The molecule has 2 heterocycles. The lowest BCUT2D eigenvalue weighted by Gasteiger charge is -2.24. The number of rotatable bonds is 2. The predicted molar refractivity (Wildman–Crippen MR) is 85.9 cm³/mol. The topological polar surface area (TPSA) is 29.9 Å². The molecule has 1 aromatic heterocycles. The van der Waals surface area contributed by atoms with Crippen molar-refractivity contribution < 1.29 is 0 Å². The molecule has 0 saturated carbocycles. The largest absolute Gasteiger partial charge is 0.316 e. The van der Waals surface area contributed by atoms with E-state index in [0.717, 1.165) is 13.1 Å². The molecule has 1 atom stereocenters. The minimum Gasteiger partial charge on any atom is -0.316 e. The van der Waals surface area contributed by atoms with Crippen molar-refractivity contribution in [3.63, 3.8) is 0 Å². The highest BCUT2D eigenvalue weighted by Crippen LogP contribution is 2.28. The first kappa shape index (κ1) is 12.6. The van der Waals surface area contributed by atoms with Crippen LogP contribution in [-0.4, -0.2) is 22.6 Å². The summed E-state index contributed by atoms with van der Waals surface area (Å²) >= 11 is 0. The second kappa shape index (κ2) is 5.34. The van der Waals surface area contributed by atoms with Crippen molar-refractivity contribution in [1.29, 1.82) is 0 Å². The summed E-state index contributed by atoms with van der Waals surface area (Å²) in [5.74, 6) is 0.556. The Kier molecular flexibility index (Phi) is 3.20. The van der Waals surface area contributed by atoms with Crippen molar-refractivity contribution in [3.8, 4) is 5.69 Å². The third-order valence-electron chi connectivity index (χ3n) is 4.41. The lowest BCUT2D eigenvalue weighted by Crippen LogP contribution is -2.29. The fraction of sp³-hybridized carbons (Fsp3) is 0.278. The van der Waals surface area contributed by atoms with Gasteiger partial charge in [0.25, 0.3) is 0 Å². The predicted octanol–water partition coefficient (Wildman–Crippen LogP) is 3.49. The van der Waals surface area contributed by atoms with Crippen LogP contribution in [0.5, 0.6) is 0 Å². The van der Waals surface area contributed by atoms with Crippen LogP contribution in [0.3, 0.4) is 0 Å². The van der Waals surface area contributed by atoms with Crippen molar-refractivity contribution in [2.45, 2.75) is 18.8 Å². The van der Waals surface area contributed by atoms with Crippen LogP contribution in [0.2, 0.25) is 0 Å². The minimum atomic E-state index is 0.556. The van der Waals surface area contributed by atoms with Crippen LogP contribution in [0.15, 0.2) is 55.0 Å². The molecule has 0 aliphatic carbocycles. The van der Waals surface area contributed by atoms with Gasteiger partial charge < -0.3 is 9.88 Å². The Hall–Kier alpha value is -2.13. The maximum absolute atomic E-state index is 4.42. The summed E-state index contributed by atoms with van der Waals surface area (Å²) < 4.78 is 2.26. The summed E-state index contributed by atoms with van der Waals surface area (Å²) in [7, 11) is 0. The van der Waals surface area contributed by atoms with Crippen LogP contribution < -0.4 is 5.32 Å². The smallest absolute Gasteiger partial charge is 0.0994 e. The Labute approximate surface area is 124 Å². The molecule has 1 saturated heterocycles. The number of aromatic nitrogens is 2. The van der Waals surface area contributed by atoms with Gasteiger partial charge in [-0.3, -0.25) is 0 Å². The Bertz CT molecular complexity index is 749. The zero-order valence-electron chi connectivity index (χ0n) is 12.0. The summed E-state index contributed by atoms with van der Waals surface area (Å²) in [5.41, 5.74) is 2.55. The second-order valence-corrected chi connectivity index (χ2v) is 5.73. The molecule has 3 aromatic rings. The number of nitrogens with one attached hydrogen (secondary N) is 1. The molecule has 3 nitrogen and oxygen atoms in total. The maximum Gasteiger partial charge on any atom is 0.0994 e. The lowest BCUT2D eigenvalue weighted by molar-refractivity contribution is 0.451. The standard InChI is InChI=1S/C18H19N3/c1-2-8-16-14(5-1)6-3-9-17(16)21-13-20-12-18(21)15-7-4-10-19-11-15/h1-3,5-6,8-9,12-13,15,19H,4,7,10-11H2. The normalized spacial score (nSPS) is 19.0. The number of hydrogen-bond acceptors (Lipinski definition) is 2. The Morgan fingerprint density at radius 1 is 1.10 bits per heavy atom. The highest BCUT2D eigenvalue weighted by atomic mass is 15.1. The molecule has 1 aliphatic heterocycles. The van der Waals surface area contributed by atoms with Gasteiger partial charge in [-0.15, -0.1) is 0 Å². The van der Waals surface area contributed by atoms with Crippen molar-refractivity contribution in [3.05, 3.63) is 60.7 Å². The number of nitrogens with zero attached hydrogens (tertiary/aromatic N) is 2. The number of benzene rings is 2. The fourth-order valence-electron chi connectivity index (χ4n) is 3.33. The van der Waals surface area contributed by atoms with E-state index in [9.17, 15) is 0 Å². The van der Waals surface area contributed by atoms with E-state index >= 15 is 0 Å². The van der Waals surface area contributed by atoms with Crippen LogP contribution in [0.25, 0.3) is 16.5 Å². The van der Waals surface area contributed by atoms with E-state index in [1.807, 2.05) is 12.5 Å². The van der Waals surface area contributed by atoms with Gasteiger partial charge in [0, 0.05) is 29.7 Å².